The van der Waals surface area contributed by atoms with Gasteiger partial charge in [-0.3, -0.25) is 0 Å². The molecule has 0 unspecified atom stereocenters. The summed E-state index contributed by atoms with van der Waals surface area (Å²) >= 11 is 0. The van der Waals surface area contributed by atoms with Crippen LogP contribution in [0.25, 0.3) is 0 Å². The van der Waals surface area contributed by atoms with Gasteiger partial charge in [0.1, 0.15) is 0 Å². The van der Waals surface area contributed by atoms with E-state index in [4.69, 9.17) is 5.11 Å². The van der Waals surface area contributed by atoms with Gasteiger partial charge >= 0.3 is 0 Å². The molecule has 0 aromatic carbocycles. The van der Waals surface area contributed by atoms with Crippen molar-refractivity contribution >= 4 is 0 Å². The lowest BCUT2D eigenvalue weighted by atomic mass is 9.94. The Morgan fingerprint density at radius 3 is 2.28 bits per heavy atom. The van der Waals surface area contributed by atoms with E-state index in [1.807, 2.05) is 0 Å². The predicted octanol–water partition coefficient (Wildman–Crippen LogP) is -0.755. The molecule has 0 aromatic heterocycles. The van der Waals surface area contributed by atoms with Crippen molar-refractivity contribution < 1.29 is 25.5 Å². The Hall–Kier alpha value is -0.280. The van der Waals surface area contributed by atoms with Crippen molar-refractivity contribution in [3.05, 3.63) is 0 Å². The molecular weight excluding hydrogens is 324 g/mol. The third-order valence-corrected chi connectivity index (χ3v) is 5.72. The standard InChI is InChI=1S/C18H36N2O5/c21-11-14-18(25)17(24)13(20-14)8-3-1-2-4-9-15(22)16(23)12-7-5-6-10-19-12/h12-25H,1-11H2/t12-,13-,14-,15-,16-,17-,18+/m0/s1. The van der Waals surface area contributed by atoms with Crippen LogP contribution in [0.3, 0.4) is 0 Å². The van der Waals surface area contributed by atoms with E-state index in [1.54, 1.807) is 0 Å². The Morgan fingerprint density at radius 2 is 1.64 bits per heavy atom. The molecule has 2 aliphatic heterocycles. The fourth-order valence-corrected chi connectivity index (χ4v) is 4.04. The number of nitrogens with one attached hydrogen (secondary N) is 2. The number of piperidine rings is 1. The average molecular weight is 360 g/mol. The van der Waals surface area contributed by atoms with Crippen molar-refractivity contribution in [2.75, 3.05) is 13.2 Å². The first kappa shape index (κ1) is 21.0. The predicted molar refractivity (Wildman–Crippen MR) is 95.2 cm³/mol. The summed E-state index contributed by atoms with van der Waals surface area (Å²) in [5, 5.41) is 55.5. The second-order valence-corrected chi connectivity index (χ2v) is 7.65. The highest BCUT2D eigenvalue weighted by molar-refractivity contribution is 4.97. The Kier molecular flexibility index (Phi) is 9.06. The zero-order valence-corrected chi connectivity index (χ0v) is 15.1. The lowest BCUT2D eigenvalue weighted by Crippen LogP contribution is -2.48. The zero-order chi connectivity index (χ0) is 18.2. The van der Waals surface area contributed by atoms with Crippen molar-refractivity contribution in [1.29, 1.82) is 0 Å². The monoisotopic (exact) mass is 360 g/mol. The van der Waals surface area contributed by atoms with Gasteiger partial charge in [-0.15, -0.1) is 0 Å². The molecule has 0 aliphatic carbocycles. The van der Waals surface area contributed by atoms with Crippen molar-refractivity contribution in [1.82, 2.24) is 10.6 Å². The van der Waals surface area contributed by atoms with Gasteiger partial charge in [0, 0.05) is 12.1 Å². The summed E-state index contributed by atoms with van der Waals surface area (Å²) in [6.07, 6.45) is 5.19. The van der Waals surface area contributed by atoms with Crippen LogP contribution in [0, 0.1) is 0 Å². The fourth-order valence-electron chi connectivity index (χ4n) is 4.04. The summed E-state index contributed by atoms with van der Waals surface area (Å²) < 4.78 is 0. The maximum atomic E-state index is 10.2. The van der Waals surface area contributed by atoms with Gasteiger partial charge in [0.05, 0.1) is 37.1 Å². The van der Waals surface area contributed by atoms with Crippen LogP contribution in [0.1, 0.15) is 57.8 Å². The summed E-state index contributed by atoms with van der Waals surface area (Å²) in [6.45, 7) is 0.742. The van der Waals surface area contributed by atoms with Crippen LogP contribution in [-0.4, -0.2) is 81.2 Å². The molecular formula is C18H36N2O5. The minimum absolute atomic E-state index is 0.0181. The molecule has 7 nitrogen and oxygen atoms in total. The largest absolute Gasteiger partial charge is 0.395 e. The Bertz CT molecular complexity index is 367. The molecule has 2 fully saturated rings. The van der Waals surface area contributed by atoms with E-state index in [1.165, 1.54) is 0 Å². The smallest absolute Gasteiger partial charge is 0.0989 e. The van der Waals surface area contributed by atoms with Crippen molar-refractivity contribution in [3.63, 3.8) is 0 Å². The highest BCUT2D eigenvalue weighted by Crippen LogP contribution is 2.20. The lowest BCUT2D eigenvalue weighted by molar-refractivity contribution is -0.0145. The van der Waals surface area contributed by atoms with Gasteiger partial charge in [0.25, 0.3) is 0 Å². The second-order valence-electron chi connectivity index (χ2n) is 7.65. The maximum Gasteiger partial charge on any atom is 0.0989 e. The molecule has 2 heterocycles. The molecule has 7 heteroatoms. The normalized spacial score (nSPS) is 35.6. The van der Waals surface area contributed by atoms with Crippen LogP contribution >= 0.6 is 0 Å². The molecule has 0 bridgehead atoms. The van der Waals surface area contributed by atoms with Gasteiger partial charge in [-0.25, -0.2) is 0 Å². The topological polar surface area (TPSA) is 125 Å². The number of hydrogen-bond acceptors (Lipinski definition) is 7. The summed E-state index contributed by atoms with van der Waals surface area (Å²) in [6, 6.07) is -0.591. The first-order valence-electron chi connectivity index (χ1n) is 9.87. The number of unbranched alkanes of at least 4 members (excludes halogenated alkanes) is 3. The second kappa shape index (κ2) is 10.8. The van der Waals surface area contributed by atoms with E-state index in [-0.39, 0.29) is 18.7 Å². The molecule has 2 rings (SSSR count). The highest BCUT2D eigenvalue weighted by Gasteiger charge is 2.39. The lowest BCUT2D eigenvalue weighted by Gasteiger charge is -2.30. The van der Waals surface area contributed by atoms with Gasteiger partial charge in [-0.2, -0.15) is 0 Å². The average Bonchev–Trinajstić information content (AvgIpc) is 2.92. The van der Waals surface area contributed by atoms with Crippen LogP contribution < -0.4 is 10.6 Å². The summed E-state index contributed by atoms with van der Waals surface area (Å²) in [7, 11) is 0. The zero-order valence-electron chi connectivity index (χ0n) is 15.1. The summed E-state index contributed by atoms with van der Waals surface area (Å²) in [4.78, 5) is 0. The van der Waals surface area contributed by atoms with E-state index < -0.39 is 30.5 Å². The molecule has 2 aliphatic rings. The van der Waals surface area contributed by atoms with E-state index in [0.717, 1.165) is 57.9 Å². The third-order valence-electron chi connectivity index (χ3n) is 5.72. The molecule has 0 radical (unpaired) electrons. The molecule has 7 N–H and O–H groups in total. The molecule has 0 spiro atoms. The van der Waals surface area contributed by atoms with Gasteiger partial charge in [0.15, 0.2) is 0 Å². The first-order valence-corrected chi connectivity index (χ1v) is 9.87. The third kappa shape index (κ3) is 6.13. The number of hydrogen-bond donors (Lipinski definition) is 7. The Labute approximate surface area is 150 Å². The first-order chi connectivity index (χ1) is 12.0. The van der Waals surface area contributed by atoms with Crippen LogP contribution in [0.4, 0.5) is 0 Å². The molecule has 25 heavy (non-hydrogen) atoms. The molecule has 0 amide bonds. The van der Waals surface area contributed by atoms with Crippen LogP contribution in [0.5, 0.6) is 0 Å². The van der Waals surface area contributed by atoms with Crippen LogP contribution in [-0.2, 0) is 0 Å². The minimum atomic E-state index is -0.903. The fraction of sp³-hybridized carbons (Fsp3) is 1.00. The van der Waals surface area contributed by atoms with Gasteiger partial charge in [0.2, 0.25) is 0 Å². The van der Waals surface area contributed by atoms with Crippen LogP contribution in [0.2, 0.25) is 0 Å². The molecule has 148 valence electrons. The molecule has 2 saturated heterocycles. The number of aliphatic hydroxyl groups is 5. The molecule has 0 aromatic rings. The van der Waals surface area contributed by atoms with Crippen molar-refractivity contribution in [2.24, 2.45) is 0 Å². The highest BCUT2D eigenvalue weighted by atomic mass is 16.3. The summed E-state index contributed by atoms with van der Waals surface area (Å²) in [5.41, 5.74) is 0. The SMILES string of the molecule is OC[C@@H]1N[C@@H](CCCCCC[C@H](O)[C@@H](O)[C@@H]2CCCCN2)[C@H](O)[C@@H]1O. The van der Waals surface area contributed by atoms with Crippen molar-refractivity contribution in [2.45, 2.75) is 100 Å². The summed E-state index contributed by atoms with van der Waals surface area (Å²) in [5.74, 6) is 0. The number of rotatable bonds is 10. The van der Waals surface area contributed by atoms with E-state index in [9.17, 15) is 20.4 Å². The van der Waals surface area contributed by atoms with Crippen molar-refractivity contribution in [3.8, 4) is 0 Å². The van der Waals surface area contributed by atoms with E-state index in [2.05, 4.69) is 10.6 Å². The Balaban J connectivity index is 1.53. The number of aliphatic hydroxyl groups excluding tert-OH is 5. The minimum Gasteiger partial charge on any atom is -0.395 e. The van der Waals surface area contributed by atoms with Crippen LogP contribution in [0.15, 0.2) is 0 Å². The van der Waals surface area contributed by atoms with Gasteiger partial charge in [-0.1, -0.05) is 32.1 Å². The van der Waals surface area contributed by atoms with Gasteiger partial charge < -0.3 is 36.2 Å². The van der Waals surface area contributed by atoms with Gasteiger partial charge in [-0.05, 0) is 32.2 Å². The molecule has 7 atom stereocenters. The molecule has 0 saturated carbocycles. The van der Waals surface area contributed by atoms with E-state index in [0.29, 0.717) is 6.42 Å². The quantitative estimate of drug-likeness (QED) is 0.256. The maximum absolute atomic E-state index is 10.2. The Morgan fingerprint density at radius 1 is 0.920 bits per heavy atom. The van der Waals surface area contributed by atoms with E-state index >= 15 is 0 Å².